The molecule has 1 fully saturated rings. The number of rotatable bonds is 4. The highest BCUT2D eigenvalue weighted by Gasteiger charge is 2.35. The number of ketones is 1. The molecular weight excluding hydrogens is 374 g/mol. The molecule has 2 aliphatic heterocycles. The summed E-state index contributed by atoms with van der Waals surface area (Å²) in [6.45, 7) is 3.89. The van der Waals surface area contributed by atoms with Gasteiger partial charge < -0.3 is 14.4 Å². The highest BCUT2D eigenvalue weighted by atomic mass is 16.2. The number of carbonyl (C=O) groups excluding carboxylic acids is 2. The van der Waals surface area contributed by atoms with Gasteiger partial charge in [-0.3, -0.25) is 9.59 Å². The van der Waals surface area contributed by atoms with Crippen LogP contribution in [0, 0.1) is 0 Å². The van der Waals surface area contributed by atoms with Gasteiger partial charge in [0.25, 0.3) is 0 Å². The number of fused-ring (bicyclic) bond motifs is 1. The zero-order chi connectivity index (χ0) is 20.5. The molecule has 1 unspecified atom stereocenters. The van der Waals surface area contributed by atoms with E-state index in [9.17, 15) is 9.59 Å². The van der Waals surface area contributed by atoms with Crippen molar-refractivity contribution >= 4 is 17.4 Å². The van der Waals surface area contributed by atoms with Crippen molar-refractivity contribution in [2.45, 2.75) is 18.9 Å². The van der Waals surface area contributed by atoms with E-state index < -0.39 is 0 Å². The van der Waals surface area contributed by atoms with Crippen LogP contribution in [0.3, 0.4) is 0 Å². The van der Waals surface area contributed by atoms with Crippen molar-refractivity contribution in [3.05, 3.63) is 89.7 Å². The molecule has 0 bridgehead atoms. The second kappa shape index (κ2) is 7.82. The van der Waals surface area contributed by atoms with Crippen molar-refractivity contribution in [3.8, 4) is 0 Å². The summed E-state index contributed by atoms with van der Waals surface area (Å²) in [5, 5.41) is 0. The molecule has 0 radical (unpaired) electrons. The SMILES string of the molecule is O=C(c1ccccc1)c1ccc2n1CCC2C(=O)N1CCN(c2ccccc2)CC1. The van der Waals surface area contributed by atoms with Crippen LogP contribution in [0.4, 0.5) is 5.69 Å². The lowest BCUT2D eigenvalue weighted by molar-refractivity contribution is -0.133. The zero-order valence-electron chi connectivity index (χ0n) is 16.9. The molecular formula is C25H25N3O2. The topological polar surface area (TPSA) is 45.6 Å². The summed E-state index contributed by atoms with van der Waals surface area (Å²) in [6, 6.07) is 23.5. The molecule has 5 rings (SSSR count). The van der Waals surface area contributed by atoms with Gasteiger partial charge in [-0.2, -0.15) is 0 Å². The zero-order valence-corrected chi connectivity index (χ0v) is 16.9. The predicted molar refractivity (Wildman–Crippen MR) is 117 cm³/mol. The molecule has 2 aromatic carbocycles. The van der Waals surface area contributed by atoms with E-state index in [0.717, 1.165) is 44.8 Å². The summed E-state index contributed by atoms with van der Waals surface area (Å²) in [6.07, 6.45) is 0.767. The number of nitrogens with zero attached hydrogens (tertiary/aromatic N) is 3. The van der Waals surface area contributed by atoms with Gasteiger partial charge in [0.15, 0.2) is 0 Å². The second-order valence-electron chi connectivity index (χ2n) is 7.98. The maximum absolute atomic E-state index is 13.3. The number of piperazine rings is 1. The lowest BCUT2D eigenvalue weighted by Crippen LogP contribution is -2.49. The molecule has 1 amide bonds. The summed E-state index contributed by atoms with van der Waals surface area (Å²) >= 11 is 0. The van der Waals surface area contributed by atoms with E-state index in [-0.39, 0.29) is 17.6 Å². The van der Waals surface area contributed by atoms with Crippen LogP contribution in [-0.2, 0) is 11.3 Å². The van der Waals surface area contributed by atoms with Crippen molar-refractivity contribution in [1.82, 2.24) is 9.47 Å². The van der Waals surface area contributed by atoms with E-state index >= 15 is 0 Å². The quantitative estimate of drug-likeness (QED) is 0.630. The third-order valence-corrected chi connectivity index (χ3v) is 6.29. The van der Waals surface area contributed by atoms with Crippen LogP contribution >= 0.6 is 0 Å². The van der Waals surface area contributed by atoms with Gasteiger partial charge >= 0.3 is 0 Å². The van der Waals surface area contributed by atoms with E-state index in [0.29, 0.717) is 11.3 Å². The minimum atomic E-state index is -0.148. The number of anilines is 1. The van der Waals surface area contributed by atoms with Crippen LogP contribution in [0.5, 0.6) is 0 Å². The molecule has 152 valence electrons. The van der Waals surface area contributed by atoms with Crippen molar-refractivity contribution in [3.63, 3.8) is 0 Å². The number of para-hydroxylation sites is 1. The van der Waals surface area contributed by atoms with Gasteiger partial charge in [-0.15, -0.1) is 0 Å². The van der Waals surface area contributed by atoms with E-state index in [1.54, 1.807) is 0 Å². The fourth-order valence-corrected chi connectivity index (χ4v) is 4.67. The fourth-order valence-electron chi connectivity index (χ4n) is 4.67. The van der Waals surface area contributed by atoms with Gasteiger partial charge in [0.1, 0.15) is 0 Å². The molecule has 0 aliphatic carbocycles. The van der Waals surface area contributed by atoms with Crippen LogP contribution in [0.15, 0.2) is 72.8 Å². The summed E-state index contributed by atoms with van der Waals surface area (Å²) < 4.78 is 2.04. The first-order chi connectivity index (χ1) is 14.7. The maximum Gasteiger partial charge on any atom is 0.231 e. The Hall–Kier alpha value is -3.34. The van der Waals surface area contributed by atoms with E-state index in [1.807, 2.05) is 70.1 Å². The monoisotopic (exact) mass is 399 g/mol. The summed E-state index contributed by atoms with van der Waals surface area (Å²) in [5.41, 5.74) is 3.55. The number of hydrogen-bond acceptors (Lipinski definition) is 3. The van der Waals surface area contributed by atoms with Crippen molar-refractivity contribution in [2.24, 2.45) is 0 Å². The van der Waals surface area contributed by atoms with E-state index in [2.05, 4.69) is 17.0 Å². The van der Waals surface area contributed by atoms with Gasteiger partial charge in [0, 0.05) is 49.7 Å². The average molecular weight is 399 g/mol. The smallest absolute Gasteiger partial charge is 0.231 e. The molecule has 30 heavy (non-hydrogen) atoms. The minimum Gasteiger partial charge on any atom is -0.368 e. The molecule has 3 aromatic rings. The third kappa shape index (κ3) is 3.30. The molecule has 1 saturated heterocycles. The van der Waals surface area contributed by atoms with Gasteiger partial charge in [0.05, 0.1) is 11.6 Å². The Labute approximate surface area is 176 Å². The van der Waals surface area contributed by atoms with E-state index in [1.165, 1.54) is 5.69 Å². The van der Waals surface area contributed by atoms with Gasteiger partial charge in [-0.1, -0.05) is 48.5 Å². The molecule has 3 heterocycles. The van der Waals surface area contributed by atoms with Crippen molar-refractivity contribution in [1.29, 1.82) is 0 Å². The Bertz CT molecular complexity index is 1050. The number of carbonyl (C=O) groups is 2. The fraction of sp³-hybridized carbons (Fsp3) is 0.280. The Morgan fingerprint density at radius 2 is 1.40 bits per heavy atom. The second-order valence-corrected chi connectivity index (χ2v) is 7.98. The average Bonchev–Trinajstić information content (AvgIpc) is 3.42. The first-order valence-electron chi connectivity index (χ1n) is 10.6. The van der Waals surface area contributed by atoms with Crippen LogP contribution < -0.4 is 4.90 Å². The molecule has 0 spiro atoms. The first-order valence-corrected chi connectivity index (χ1v) is 10.6. The minimum absolute atomic E-state index is 0.0198. The number of hydrogen-bond donors (Lipinski definition) is 0. The standard InChI is InChI=1S/C25H25N3O2/c29-24(19-7-3-1-4-8-19)23-12-11-22-21(13-14-28(22)23)25(30)27-17-15-26(16-18-27)20-9-5-2-6-10-20/h1-12,21H,13-18H2. The van der Waals surface area contributed by atoms with Crippen molar-refractivity contribution in [2.75, 3.05) is 31.1 Å². The molecule has 5 heteroatoms. The summed E-state index contributed by atoms with van der Waals surface area (Å²) in [4.78, 5) is 30.5. The Morgan fingerprint density at radius 3 is 2.10 bits per heavy atom. The highest BCUT2D eigenvalue weighted by molar-refractivity contribution is 6.08. The summed E-state index contributed by atoms with van der Waals surface area (Å²) in [5.74, 6) is 0.0651. The normalized spacial score (nSPS) is 18.3. The van der Waals surface area contributed by atoms with E-state index in [4.69, 9.17) is 0 Å². The first kappa shape index (κ1) is 18.7. The lowest BCUT2D eigenvalue weighted by Gasteiger charge is -2.37. The molecule has 1 atom stereocenters. The predicted octanol–water partition coefficient (Wildman–Crippen LogP) is 3.56. The number of aromatic nitrogens is 1. The maximum atomic E-state index is 13.3. The van der Waals surface area contributed by atoms with Gasteiger partial charge in [0.2, 0.25) is 11.7 Å². The van der Waals surface area contributed by atoms with Crippen LogP contribution in [0.25, 0.3) is 0 Å². The Morgan fingerprint density at radius 1 is 0.733 bits per heavy atom. The molecule has 5 nitrogen and oxygen atoms in total. The summed E-state index contributed by atoms with van der Waals surface area (Å²) in [7, 11) is 0. The largest absolute Gasteiger partial charge is 0.368 e. The number of amides is 1. The Balaban J connectivity index is 1.28. The molecule has 2 aliphatic rings. The van der Waals surface area contributed by atoms with Gasteiger partial charge in [-0.05, 0) is 30.7 Å². The van der Waals surface area contributed by atoms with Crippen LogP contribution in [0.2, 0.25) is 0 Å². The molecule has 1 aromatic heterocycles. The van der Waals surface area contributed by atoms with Gasteiger partial charge in [-0.25, -0.2) is 0 Å². The molecule has 0 N–H and O–H groups in total. The third-order valence-electron chi connectivity index (χ3n) is 6.29. The number of benzene rings is 2. The van der Waals surface area contributed by atoms with Crippen molar-refractivity contribution < 1.29 is 9.59 Å². The molecule has 0 saturated carbocycles. The highest BCUT2D eigenvalue weighted by Crippen LogP contribution is 2.33. The lowest BCUT2D eigenvalue weighted by atomic mass is 10.0. The Kier molecular flexibility index (Phi) is 4.87. The van der Waals surface area contributed by atoms with Crippen LogP contribution in [0.1, 0.15) is 34.1 Å². The van der Waals surface area contributed by atoms with Crippen LogP contribution in [-0.4, -0.2) is 47.3 Å².